The first-order valence-corrected chi connectivity index (χ1v) is 11.0. The molecule has 0 bridgehead atoms. The predicted octanol–water partition coefficient (Wildman–Crippen LogP) is 1.37. The second-order valence-electron chi connectivity index (χ2n) is 7.17. The van der Waals surface area contributed by atoms with Gasteiger partial charge in [0.15, 0.2) is 5.76 Å². The number of hydrogen-bond acceptors (Lipinski definition) is 6. The Hall–Kier alpha value is -2.17. The lowest BCUT2D eigenvalue weighted by Gasteiger charge is -2.30. The topological polar surface area (TPSA) is 118 Å². The summed E-state index contributed by atoms with van der Waals surface area (Å²) in [5, 5.41) is 9.36. The van der Waals surface area contributed by atoms with Crippen LogP contribution in [0.4, 0.5) is 0 Å². The Labute approximate surface area is 163 Å². The van der Waals surface area contributed by atoms with Gasteiger partial charge in [0.25, 0.3) is 10.0 Å². The van der Waals surface area contributed by atoms with Gasteiger partial charge in [-0.3, -0.25) is 9.89 Å². The number of ether oxygens (including phenoxy) is 1. The lowest BCUT2D eigenvalue weighted by Crippen LogP contribution is -2.46. The number of piperidine rings is 1. The number of amides is 1. The second kappa shape index (κ2) is 8.06. The Morgan fingerprint density at radius 3 is 2.93 bits per heavy atom. The molecule has 0 unspecified atom stereocenters. The number of nitrogens with zero attached hydrogens (tertiary/aromatic N) is 2. The van der Waals surface area contributed by atoms with Gasteiger partial charge in [-0.1, -0.05) is 0 Å². The van der Waals surface area contributed by atoms with E-state index < -0.39 is 10.0 Å². The van der Waals surface area contributed by atoms with Gasteiger partial charge >= 0.3 is 0 Å². The van der Waals surface area contributed by atoms with Crippen LogP contribution in [0.25, 0.3) is 11.5 Å². The van der Waals surface area contributed by atoms with Gasteiger partial charge < -0.3 is 14.5 Å². The highest BCUT2D eigenvalue weighted by Crippen LogP contribution is 2.28. The summed E-state index contributed by atoms with van der Waals surface area (Å²) in [6, 6.07) is 4.73. The van der Waals surface area contributed by atoms with Gasteiger partial charge in [-0.15, -0.1) is 0 Å². The van der Waals surface area contributed by atoms with Gasteiger partial charge in [0, 0.05) is 32.4 Å². The summed E-state index contributed by atoms with van der Waals surface area (Å²) in [6.07, 6.45) is 4.89. The largest absolute Gasteiger partial charge is 0.442 e. The molecule has 2 atom stereocenters. The lowest BCUT2D eigenvalue weighted by molar-refractivity contribution is -0.126. The third-order valence-electron chi connectivity index (χ3n) is 5.22. The van der Waals surface area contributed by atoms with Crippen LogP contribution < -0.4 is 5.32 Å². The second-order valence-corrected chi connectivity index (χ2v) is 9.04. The molecule has 10 heteroatoms. The highest BCUT2D eigenvalue weighted by atomic mass is 32.2. The van der Waals surface area contributed by atoms with Crippen molar-refractivity contribution in [2.24, 2.45) is 5.92 Å². The highest BCUT2D eigenvalue weighted by molar-refractivity contribution is 7.89. The number of carbonyl (C=O) groups is 1. The normalized spacial score (nSPS) is 23.7. The molecule has 1 amide bonds. The number of carbonyl (C=O) groups excluding carboxylic acids is 1. The van der Waals surface area contributed by atoms with E-state index in [1.54, 1.807) is 18.3 Å². The maximum absolute atomic E-state index is 13.0. The fourth-order valence-electron chi connectivity index (χ4n) is 3.66. The van der Waals surface area contributed by atoms with Crippen LogP contribution >= 0.6 is 0 Å². The molecule has 28 heavy (non-hydrogen) atoms. The third-order valence-corrected chi connectivity index (χ3v) is 6.96. The molecule has 152 valence electrons. The molecule has 9 nitrogen and oxygen atoms in total. The number of sulfonamides is 1. The monoisotopic (exact) mass is 408 g/mol. The minimum Gasteiger partial charge on any atom is -0.442 e. The number of hydrogen-bond donors (Lipinski definition) is 2. The van der Waals surface area contributed by atoms with Crippen molar-refractivity contribution in [3.05, 3.63) is 24.4 Å². The molecule has 4 heterocycles. The van der Waals surface area contributed by atoms with Crippen LogP contribution in [0.15, 0.2) is 33.9 Å². The summed E-state index contributed by atoms with van der Waals surface area (Å²) in [6.45, 7) is 1.74. The highest BCUT2D eigenvalue weighted by Gasteiger charge is 2.35. The van der Waals surface area contributed by atoms with E-state index in [4.69, 9.17) is 9.15 Å². The van der Waals surface area contributed by atoms with E-state index in [1.807, 2.05) is 0 Å². The van der Waals surface area contributed by atoms with E-state index in [-0.39, 0.29) is 29.6 Å². The van der Waals surface area contributed by atoms with Crippen molar-refractivity contribution in [3.63, 3.8) is 0 Å². The van der Waals surface area contributed by atoms with E-state index >= 15 is 0 Å². The van der Waals surface area contributed by atoms with E-state index in [0.29, 0.717) is 37.4 Å². The van der Waals surface area contributed by atoms with E-state index in [0.717, 1.165) is 19.4 Å². The number of H-pyrrole nitrogens is 1. The van der Waals surface area contributed by atoms with Gasteiger partial charge in [-0.2, -0.15) is 9.40 Å². The van der Waals surface area contributed by atoms with Crippen LogP contribution in [0.1, 0.15) is 25.7 Å². The lowest BCUT2D eigenvalue weighted by atomic mass is 9.99. The zero-order valence-corrected chi connectivity index (χ0v) is 16.3. The molecule has 2 aliphatic heterocycles. The van der Waals surface area contributed by atoms with Crippen molar-refractivity contribution in [2.45, 2.75) is 36.9 Å². The van der Waals surface area contributed by atoms with Gasteiger partial charge in [0.2, 0.25) is 11.0 Å². The number of furan rings is 1. The van der Waals surface area contributed by atoms with Crippen LogP contribution in [0.3, 0.4) is 0 Å². The van der Waals surface area contributed by atoms with Gasteiger partial charge in [-0.05, 0) is 43.9 Å². The van der Waals surface area contributed by atoms with Crippen LogP contribution in [-0.4, -0.2) is 61.2 Å². The molecule has 2 aromatic heterocycles. The molecule has 0 aliphatic carbocycles. The first-order valence-electron chi connectivity index (χ1n) is 9.53. The smallest absolute Gasteiger partial charge is 0.276 e. The van der Waals surface area contributed by atoms with Crippen molar-refractivity contribution >= 4 is 15.9 Å². The first kappa shape index (κ1) is 19.2. The molecule has 4 rings (SSSR count). The molecule has 2 aliphatic rings. The molecule has 2 N–H and O–H groups in total. The number of rotatable bonds is 6. The summed E-state index contributed by atoms with van der Waals surface area (Å²) in [5.41, 5.74) is 0.603. The molecule has 2 saturated heterocycles. The molecule has 2 fully saturated rings. The molecule has 0 saturated carbocycles. The Morgan fingerprint density at radius 1 is 1.29 bits per heavy atom. The fraction of sp³-hybridized carbons (Fsp3) is 0.556. The van der Waals surface area contributed by atoms with Crippen molar-refractivity contribution < 1.29 is 22.4 Å². The summed E-state index contributed by atoms with van der Waals surface area (Å²) in [5.74, 6) is -0.0843. The summed E-state index contributed by atoms with van der Waals surface area (Å²) >= 11 is 0. The number of aromatic nitrogens is 2. The Balaban J connectivity index is 1.41. The summed E-state index contributed by atoms with van der Waals surface area (Å²) in [7, 11) is -3.80. The average Bonchev–Trinajstić information content (AvgIpc) is 3.48. The summed E-state index contributed by atoms with van der Waals surface area (Å²) in [4.78, 5) is 12.5. The SMILES string of the molecule is O=C(NC[C@H]1CCCO1)[C@@H]1CCCN(S(=O)(=O)c2ccc(-c3ccn[nH]3)o2)C1. The first-order chi connectivity index (χ1) is 13.5. The molecular weight excluding hydrogens is 384 g/mol. The maximum Gasteiger partial charge on any atom is 0.276 e. The van der Waals surface area contributed by atoms with E-state index in [2.05, 4.69) is 15.5 Å². The molecule has 0 aromatic carbocycles. The summed E-state index contributed by atoms with van der Waals surface area (Å²) < 4.78 is 38.3. The van der Waals surface area contributed by atoms with Crippen LogP contribution in [0.2, 0.25) is 0 Å². The minimum absolute atomic E-state index is 0.0661. The zero-order chi connectivity index (χ0) is 19.6. The predicted molar refractivity (Wildman–Crippen MR) is 99.8 cm³/mol. The van der Waals surface area contributed by atoms with Crippen LogP contribution in [-0.2, 0) is 19.6 Å². The van der Waals surface area contributed by atoms with Crippen molar-refractivity contribution in [3.8, 4) is 11.5 Å². The fourth-order valence-corrected chi connectivity index (χ4v) is 5.10. The Kier molecular flexibility index (Phi) is 5.51. The quantitative estimate of drug-likeness (QED) is 0.745. The Bertz CT molecular complexity index is 902. The maximum atomic E-state index is 13.0. The zero-order valence-electron chi connectivity index (χ0n) is 15.5. The van der Waals surface area contributed by atoms with Crippen molar-refractivity contribution in [1.82, 2.24) is 19.8 Å². The third kappa shape index (κ3) is 3.98. The van der Waals surface area contributed by atoms with Crippen molar-refractivity contribution in [1.29, 1.82) is 0 Å². The van der Waals surface area contributed by atoms with Gasteiger partial charge in [-0.25, -0.2) is 8.42 Å². The van der Waals surface area contributed by atoms with E-state index in [9.17, 15) is 13.2 Å². The molecule has 0 radical (unpaired) electrons. The molecule has 0 spiro atoms. The average molecular weight is 408 g/mol. The van der Waals surface area contributed by atoms with Gasteiger partial charge in [0.1, 0.15) is 5.69 Å². The van der Waals surface area contributed by atoms with Crippen LogP contribution in [0, 0.1) is 5.92 Å². The van der Waals surface area contributed by atoms with E-state index in [1.165, 1.54) is 10.4 Å². The molecular formula is C18H24N4O5S. The Morgan fingerprint density at radius 2 is 2.18 bits per heavy atom. The minimum atomic E-state index is -3.80. The molecule has 2 aromatic rings. The number of aromatic amines is 1. The number of nitrogens with one attached hydrogen (secondary N) is 2. The van der Waals surface area contributed by atoms with Gasteiger partial charge in [0.05, 0.1) is 12.0 Å². The van der Waals surface area contributed by atoms with Crippen molar-refractivity contribution in [2.75, 3.05) is 26.2 Å². The van der Waals surface area contributed by atoms with Crippen LogP contribution in [0.5, 0.6) is 0 Å². The standard InChI is InChI=1S/C18H24N4O5S/c23-18(19-11-14-4-2-10-26-14)13-3-1-9-22(12-13)28(24,25)17-6-5-16(27-17)15-7-8-20-21-15/h5-8,13-14H,1-4,9-12H2,(H,19,23)(H,20,21)/t13-,14-/m1/s1.